The van der Waals surface area contributed by atoms with E-state index in [0.29, 0.717) is 12.3 Å². The second kappa shape index (κ2) is 5.10. The third kappa shape index (κ3) is 1.91. The van der Waals surface area contributed by atoms with Gasteiger partial charge in [0.1, 0.15) is 5.84 Å². The average Bonchev–Trinajstić information content (AvgIpc) is 2.87. The molecule has 1 aliphatic heterocycles. The summed E-state index contributed by atoms with van der Waals surface area (Å²) in [5.74, 6) is 0.592. The Kier molecular flexibility index (Phi) is 3.28. The van der Waals surface area contributed by atoms with Crippen LogP contribution in [0, 0.1) is 0 Å². The zero-order valence-corrected chi connectivity index (χ0v) is 11.2. The molecule has 1 aliphatic rings. The number of amidine groups is 1. The van der Waals surface area contributed by atoms with Crippen LogP contribution in [0.15, 0.2) is 65.7 Å². The van der Waals surface area contributed by atoms with Crippen molar-refractivity contribution in [3.63, 3.8) is 0 Å². The van der Waals surface area contributed by atoms with Crippen LogP contribution >= 0.6 is 0 Å². The number of aliphatic imine (C=N–C) groups is 1. The molecule has 0 aromatic heterocycles. The van der Waals surface area contributed by atoms with Crippen molar-refractivity contribution in [2.75, 3.05) is 6.61 Å². The van der Waals surface area contributed by atoms with Gasteiger partial charge >= 0.3 is 0 Å². The van der Waals surface area contributed by atoms with Crippen LogP contribution in [-0.4, -0.2) is 23.6 Å². The van der Waals surface area contributed by atoms with Gasteiger partial charge in [-0.2, -0.15) is 0 Å². The van der Waals surface area contributed by atoms with Crippen molar-refractivity contribution in [3.05, 3.63) is 71.8 Å². The summed E-state index contributed by atoms with van der Waals surface area (Å²) in [7, 11) is 0. The Morgan fingerprint density at radius 1 is 1.00 bits per heavy atom. The van der Waals surface area contributed by atoms with Crippen LogP contribution in [0.1, 0.15) is 17.5 Å². The quantitative estimate of drug-likeness (QED) is 0.893. The van der Waals surface area contributed by atoms with Gasteiger partial charge in [0.2, 0.25) is 0 Å². The third-order valence-corrected chi connectivity index (χ3v) is 4.04. The van der Waals surface area contributed by atoms with E-state index in [-0.39, 0.29) is 12.6 Å². The molecule has 3 heteroatoms. The van der Waals surface area contributed by atoms with E-state index in [9.17, 15) is 5.11 Å². The van der Waals surface area contributed by atoms with Crippen LogP contribution in [0.3, 0.4) is 0 Å². The molecular formula is C17H18N2O. The van der Waals surface area contributed by atoms with Gasteiger partial charge in [-0.15, -0.1) is 0 Å². The number of nitrogens with two attached hydrogens (primary N) is 1. The summed E-state index contributed by atoms with van der Waals surface area (Å²) in [6, 6.07) is 20.2. The van der Waals surface area contributed by atoms with Crippen molar-refractivity contribution in [1.82, 2.24) is 0 Å². The van der Waals surface area contributed by atoms with Crippen LogP contribution in [0.25, 0.3) is 0 Å². The highest BCUT2D eigenvalue weighted by Crippen LogP contribution is 2.41. The highest BCUT2D eigenvalue weighted by Gasteiger charge is 2.44. The number of nitrogens with zero attached hydrogens (tertiary/aromatic N) is 1. The van der Waals surface area contributed by atoms with E-state index < -0.39 is 5.41 Å². The summed E-state index contributed by atoms with van der Waals surface area (Å²) < 4.78 is 0. The van der Waals surface area contributed by atoms with E-state index in [2.05, 4.69) is 29.3 Å². The molecule has 1 unspecified atom stereocenters. The molecule has 0 aliphatic carbocycles. The highest BCUT2D eigenvalue weighted by molar-refractivity contribution is 5.97. The van der Waals surface area contributed by atoms with Crippen molar-refractivity contribution >= 4 is 5.84 Å². The normalized spacial score (nSPS) is 20.6. The number of benzene rings is 2. The lowest BCUT2D eigenvalue weighted by atomic mass is 9.71. The predicted molar refractivity (Wildman–Crippen MR) is 80.8 cm³/mol. The molecule has 0 radical (unpaired) electrons. The minimum absolute atomic E-state index is 0.0299. The summed E-state index contributed by atoms with van der Waals surface area (Å²) in [6.07, 6.45) is 0.712. The molecule has 3 rings (SSSR count). The molecule has 20 heavy (non-hydrogen) atoms. The second-order valence-corrected chi connectivity index (χ2v) is 5.19. The molecule has 2 aromatic rings. The molecule has 0 saturated carbocycles. The molecule has 2 aromatic carbocycles. The fourth-order valence-corrected chi connectivity index (χ4v) is 3.06. The Balaban J connectivity index is 2.18. The summed E-state index contributed by atoms with van der Waals surface area (Å²) in [4.78, 5) is 4.46. The summed E-state index contributed by atoms with van der Waals surface area (Å²) >= 11 is 0. The fraction of sp³-hybridized carbons (Fsp3) is 0.235. The Morgan fingerprint density at radius 3 is 1.90 bits per heavy atom. The lowest BCUT2D eigenvalue weighted by molar-refractivity contribution is 0.260. The SMILES string of the molecule is NC1=NC(CO)CC1(c1ccccc1)c1ccccc1. The van der Waals surface area contributed by atoms with Crippen molar-refractivity contribution < 1.29 is 5.11 Å². The highest BCUT2D eigenvalue weighted by atomic mass is 16.3. The largest absolute Gasteiger partial charge is 0.394 e. The van der Waals surface area contributed by atoms with Crippen LogP contribution in [0.4, 0.5) is 0 Å². The molecule has 3 N–H and O–H groups in total. The molecule has 1 heterocycles. The Hall–Kier alpha value is -2.13. The van der Waals surface area contributed by atoms with Gasteiger partial charge in [-0.25, -0.2) is 0 Å². The van der Waals surface area contributed by atoms with Gasteiger partial charge in [0.15, 0.2) is 0 Å². The molecular weight excluding hydrogens is 248 g/mol. The first-order chi connectivity index (χ1) is 9.77. The van der Waals surface area contributed by atoms with E-state index in [0.717, 1.165) is 11.1 Å². The molecule has 0 bridgehead atoms. The Morgan fingerprint density at radius 2 is 1.50 bits per heavy atom. The van der Waals surface area contributed by atoms with Gasteiger partial charge in [0.05, 0.1) is 18.1 Å². The van der Waals surface area contributed by atoms with E-state index >= 15 is 0 Å². The molecule has 0 amide bonds. The minimum atomic E-state index is -0.421. The Bertz CT molecular complexity index is 568. The monoisotopic (exact) mass is 266 g/mol. The van der Waals surface area contributed by atoms with Crippen molar-refractivity contribution in [2.24, 2.45) is 10.7 Å². The van der Waals surface area contributed by atoms with Gasteiger partial charge in [-0.05, 0) is 17.5 Å². The molecule has 102 valence electrons. The summed E-state index contributed by atoms with van der Waals surface area (Å²) in [6.45, 7) is 0.0299. The molecule has 0 fully saturated rings. The van der Waals surface area contributed by atoms with E-state index in [4.69, 9.17) is 5.73 Å². The van der Waals surface area contributed by atoms with Gasteiger partial charge in [-0.1, -0.05) is 60.7 Å². The first kappa shape index (κ1) is 12.9. The molecule has 0 saturated heterocycles. The van der Waals surface area contributed by atoms with Gasteiger partial charge in [0.25, 0.3) is 0 Å². The molecule has 1 atom stereocenters. The predicted octanol–water partition coefficient (Wildman–Crippen LogP) is 2.09. The minimum Gasteiger partial charge on any atom is -0.394 e. The van der Waals surface area contributed by atoms with Crippen molar-refractivity contribution in [1.29, 1.82) is 0 Å². The van der Waals surface area contributed by atoms with Crippen LogP contribution < -0.4 is 5.73 Å². The number of hydrogen-bond donors (Lipinski definition) is 2. The summed E-state index contributed by atoms with van der Waals surface area (Å²) in [5.41, 5.74) is 8.12. The maximum Gasteiger partial charge on any atom is 0.109 e. The maximum absolute atomic E-state index is 9.45. The van der Waals surface area contributed by atoms with Crippen LogP contribution in [0.2, 0.25) is 0 Å². The maximum atomic E-state index is 9.45. The van der Waals surface area contributed by atoms with E-state index in [1.165, 1.54) is 0 Å². The summed E-state index contributed by atoms with van der Waals surface area (Å²) in [5, 5.41) is 9.45. The zero-order valence-electron chi connectivity index (χ0n) is 11.2. The lowest BCUT2D eigenvalue weighted by Crippen LogP contribution is -2.39. The van der Waals surface area contributed by atoms with E-state index in [1.807, 2.05) is 36.4 Å². The number of aliphatic hydroxyl groups excluding tert-OH is 1. The molecule has 3 nitrogen and oxygen atoms in total. The van der Waals surface area contributed by atoms with Crippen LogP contribution in [-0.2, 0) is 5.41 Å². The topological polar surface area (TPSA) is 58.6 Å². The van der Waals surface area contributed by atoms with Gasteiger partial charge in [-0.3, -0.25) is 4.99 Å². The first-order valence-corrected chi connectivity index (χ1v) is 6.83. The standard InChI is InChI=1S/C17H18N2O/c18-16-17(11-15(12-20)19-16,13-7-3-1-4-8-13)14-9-5-2-6-10-14/h1-10,15,20H,11-12H2,(H2,18,19). The lowest BCUT2D eigenvalue weighted by Gasteiger charge is -2.31. The average molecular weight is 266 g/mol. The molecule has 0 spiro atoms. The smallest absolute Gasteiger partial charge is 0.109 e. The van der Waals surface area contributed by atoms with Gasteiger partial charge < -0.3 is 10.8 Å². The fourth-order valence-electron chi connectivity index (χ4n) is 3.06. The number of rotatable bonds is 3. The van der Waals surface area contributed by atoms with Gasteiger partial charge in [0, 0.05) is 0 Å². The van der Waals surface area contributed by atoms with Crippen LogP contribution in [0.5, 0.6) is 0 Å². The second-order valence-electron chi connectivity index (χ2n) is 5.19. The zero-order chi connectivity index (χ0) is 14.0. The van der Waals surface area contributed by atoms with Crippen molar-refractivity contribution in [2.45, 2.75) is 17.9 Å². The number of aliphatic hydroxyl groups is 1. The first-order valence-electron chi connectivity index (χ1n) is 6.83. The van der Waals surface area contributed by atoms with Crippen molar-refractivity contribution in [3.8, 4) is 0 Å². The third-order valence-electron chi connectivity index (χ3n) is 4.04. The Labute approximate surface area is 118 Å². The number of hydrogen-bond acceptors (Lipinski definition) is 3. The van der Waals surface area contributed by atoms with E-state index in [1.54, 1.807) is 0 Å².